The predicted octanol–water partition coefficient (Wildman–Crippen LogP) is 3.27. The van der Waals surface area contributed by atoms with Crippen molar-refractivity contribution in [3.05, 3.63) is 0 Å². The number of halogens is 1. The van der Waals surface area contributed by atoms with E-state index in [0.29, 0.717) is 0 Å². The average Bonchev–Trinajstić information content (AvgIpc) is 2.45. The van der Waals surface area contributed by atoms with Gasteiger partial charge in [-0.05, 0) is 37.1 Å². The van der Waals surface area contributed by atoms with Crippen LogP contribution >= 0.6 is 12.4 Å². The molecule has 1 heterocycles. The summed E-state index contributed by atoms with van der Waals surface area (Å²) in [5.41, 5.74) is 0.263. The third kappa shape index (κ3) is 6.01. The molecule has 1 aliphatic carbocycles. The van der Waals surface area contributed by atoms with E-state index in [0.717, 1.165) is 38.4 Å². The van der Waals surface area contributed by atoms with Crippen LogP contribution in [0.2, 0.25) is 0 Å². The van der Waals surface area contributed by atoms with Crippen molar-refractivity contribution < 1.29 is 4.79 Å². The molecule has 2 aliphatic rings. The Morgan fingerprint density at radius 2 is 2.00 bits per heavy atom. The van der Waals surface area contributed by atoms with E-state index >= 15 is 0 Å². The van der Waals surface area contributed by atoms with Gasteiger partial charge in [0.05, 0.1) is 0 Å². The molecule has 0 aromatic carbocycles. The number of rotatable bonds is 5. The van der Waals surface area contributed by atoms with Crippen molar-refractivity contribution in [2.75, 3.05) is 19.6 Å². The van der Waals surface area contributed by atoms with Crippen LogP contribution in [0.25, 0.3) is 0 Å². The van der Waals surface area contributed by atoms with Crippen LogP contribution in [-0.2, 0) is 4.79 Å². The summed E-state index contributed by atoms with van der Waals surface area (Å²) in [6.45, 7) is 5.28. The van der Waals surface area contributed by atoms with E-state index in [9.17, 15) is 4.79 Å². The lowest BCUT2D eigenvalue weighted by Crippen LogP contribution is -2.45. The minimum absolute atomic E-state index is 0. The molecule has 1 saturated carbocycles. The molecule has 2 fully saturated rings. The Balaban J connectivity index is 0.00000200. The third-order valence-electron chi connectivity index (χ3n) is 4.90. The minimum Gasteiger partial charge on any atom is -0.356 e. The Labute approximate surface area is 130 Å². The molecule has 1 unspecified atom stereocenters. The summed E-state index contributed by atoms with van der Waals surface area (Å²) in [5.74, 6) is 1.07. The lowest BCUT2D eigenvalue weighted by atomic mass is 9.82. The van der Waals surface area contributed by atoms with E-state index in [1.807, 2.05) is 0 Å². The summed E-state index contributed by atoms with van der Waals surface area (Å²) in [5, 5.41) is 6.58. The number of nitrogens with one attached hydrogen (secondary N) is 2. The Morgan fingerprint density at radius 1 is 1.25 bits per heavy atom. The lowest BCUT2D eigenvalue weighted by molar-refractivity contribution is -0.122. The van der Waals surface area contributed by atoms with Gasteiger partial charge in [-0.25, -0.2) is 0 Å². The van der Waals surface area contributed by atoms with Crippen LogP contribution < -0.4 is 10.6 Å². The summed E-state index contributed by atoms with van der Waals surface area (Å²) < 4.78 is 0. The topological polar surface area (TPSA) is 41.1 Å². The van der Waals surface area contributed by atoms with Gasteiger partial charge in [0.15, 0.2) is 0 Å². The zero-order valence-corrected chi connectivity index (χ0v) is 13.7. The van der Waals surface area contributed by atoms with E-state index in [2.05, 4.69) is 17.6 Å². The molecule has 0 aromatic rings. The lowest BCUT2D eigenvalue weighted by Gasteiger charge is -2.34. The molecule has 0 aromatic heterocycles. The smallest absolute Gasteiger partial charge is 0.220 e. The van der Waals surface area contributed by atoms with Gasteiger partial charge in [-0.3, -0.25) is 4.79 Å². The molecule has 2 rings (SSSR count). The Morgan fingerprint density at radius 3 is 2.65 bits per heavy atom. The highest BCUT2D eigenvalue weighted by Crippen LogP contribution is 2.27. The van der Waals surface area contributed by atoms with Gasteiger partial charge < -0.3 is 10.6 Å². The first-order chi connectivity index (χ1) is 9.18. The van der Waals surface area contributed by atoms with Crippen LogP contribution in [-0.4, -0.2) is 25.5 Å². The van der Waals surface area contributed by atoms with Crippen molar-refractivity contribution in [1.29, 1.82) is 0 Å². The maximum absolute atomic E-state index is 11.9. The normalized spacial score (nSPS) is 27.6. The van der Waals surface area contributed by atoms with Gasteiger partial charge in [0.25, 0.3) is 0 Å². The van der Waals surface area contributed by atoms with Crippen molar-refractivity contribution >= 4 is 18.3 Å². The summed E-state index contributed by atoms with van der Waals surface area (Å²) in [4.78, 5) is 11.9. The van der Waals surface area contributed by atoms with Crippen LogP contribution in [0.1, 0.15) is 64.7 Å². The van der Waals surface area contributed by atoms with Crippen molar-refractivity contribution in [2.45, 2.75) is 64.7 Å². The zero-order chi connectivity index (χ0) is 13.6. The average molecular weight is 303 g/mol. The molecule has 1 atom stereocenters. The van der Waals surface area contributed by atoms with Gasteiger partial charge in [-0.15, -0.1) is 12.4 Å². The van der Waals surface area contributed by atoms with Crippen LogP contribution in [0.5, 0.6) is 0 Å². The number of amides is 1. The SMILES string of the molecule is CC1(CNC(=O)CCC2CCCCC2)CCCNC1.Cl. The molecule has 2 N–H and O–H groups in total. The third-order valence-corrected chi connectivity index (χ3v) is 4.90. The second-order valence-corrected chi connectivity index (χ2v) is 6.91. The molecule has 0 radical (unpaired) electrons. The fourth-order valence-electron chi connectivity index (χ4n) is 3.48. The van der Waals surface area contributed by atoms with Crippen molar-refractivity contribution in [3.63, 3.8) is 0 Å². The Kier molecular flexibility index (Phi) is 7.90. The van der Waals surface area contributed by atoms with Gasteiger partial charge in [0.2, 0.25) is 5.91 Å². The quantitative estimate of drug-likeness (QED) is 0.818. The summed E-state index contributed by atoms with van der Waals surface area (Å²) in [6.07, 6.45) is 11.1. The van der Waals surface area contributed by atoms with Gasteiger partial charge >= 0.3 is 0 Å². The number of piperidine rings is 1. The molecular formula is C16H31ClN2O. The largest absolute Gasteiger partial charge is 0.356 e. The number of carbonyl (C=O) groups is 1. The van der Waals surface area contributed by atoms with Crippen molar-refractivity contribution in [1.82, 2.24) is 10.6 Å². The highest BCUT2D eigenvalue weighted by atomic mass is 35.5. The molecule has 1 saturated heterocycles. The Hall–Kier alpha value is -0.280. The van der Waals surface area contributed by atoms with Crippen LogP contribution in [0, 0.1) is 11.3 Å². The van der Waals surface area contributed by atoms with E-state index in [1.165, 1.54) is 44.9 Å². The first-order valence-electron chi connectivity index (χ1n) is 8.15. The minimum atomic E-state index is 0. The molecule has 20 heavy (non-hydrogen) atoms. The van der Waals surface area contributed by atoms with Crippen LogP contribution in [0.15, 0.2) is 0 Å². The number of hydrogen-bond acceptors (Lipinski definition) is 2. The van der Waals surface area contributed by atoms with Crippen molar-refractivity contribution in [2.24, 2.45) is 11.3 Å². The summed E-state index contributed by atoms with van der Waals surface area (Å²) in [6, 6.07) is 0. The maximum Gasteiger partial charge on any atom is 0.220 e. The fraction of sp³-hybridized carbons (Fsp3) is 0.938. The molecule has 1 aliphatic heterocycles. The second-order valence-electron chi connectivity index (χ2n) is 6.91. The van der Waals surface area contributed by atoms with Crippen molar-refractivity contribution in [3.8, 4) is 0 Å². The zero-order valence-electron chi connectivity index (χ0n) is 12.9. The maximum atomic E-state index is 11.9. The number of hydrogen-bond donors (Lipinski definition) is 2. The predicted molar refractivity (Wildman–Crippen MR) is 86.3 cm³/mol. The van der Waals surface area contributed by atoms with Gasteiger partial charge in [0, 0.05) is 19.5 Å². The molecule has 3 nitrogen and oxygen atoms in total. The van der Waals surface area contributed by atoms with E-state index in [4.69, 9.17) is 0 Å². The van der Waals surface area contributed by atoms with Gasteiger partial charge in [0.1, 0.15) is 0 Å². The number of carbonyl (C=O) groups excluding carboxylic acids is 1. The Bertz CT molecular complexity index is 284. The summed E-state index contributed by atoms with van der Waals surface area (Å²) >= 11 is 0. The van der Waals surface area contributed by atoms with E-state index in [-0.39, 0.29) is 23.7 Å². The van der Waals surface area contributed by atoms with E-state index < -0.39 is 0 Å². The standard InChI is InChI=1S/C16H30N2O.ClH/c1-16(10-5-11-17-12-16)13-18-15(19)9-8-14-6-3-2-4-7-14;/h14,17H,2-13H2,1H3,(H,18,19);1H. The molecule has 1 amide bonds. The molecule has 0 bridgehead atoms. The first kappa shape index (κ1) is 17.8. The fourth-order valence-corrected chi connectivity index (χ4v) is 3.48. The molecule has 118 valence electrons. The summed E-state index contributed by atoms with van der Waals surface area (Å²) in [7, 11) is 0. The molecular weight excluding hydrogens is 272 g/mol. The van der Waals surface area contributed by atoms with E-state index in [1.54, 1.807) is 0 Å². The van der Waals surface area contributed by atoms with Crippen LogP contribution in [0.3, 0.4) is 0 Å². The van der Waals surface area contributed by atoms with Crippen LogP contribution in [0.4, 0.5) is 0 Å². The second kappa shape index (κ2) is 8.89. The van der Waals surface area contributed by atoms with Gasteiger partial charge in [-0.1, -0.05) is 39.0 Å². The highest BCUT2D eigenvalue weighted by Gasteiger charge is 2.27. The molecule has 0 spiro atoms. The monoisotopic (exact) mass is 302 g/mol. The first-order valence-corrected chi connectivity index (χ1v) is 8.15. The van der Waals surface area contributed by atoms with Gasteiger partial charge in [-0.2, -0.15) is 0 Å². The molecule has 4 heteroatoms. The highest BCUT2D eigenvalue weighted by molar-refractivity contribution is 5.85.